The molecule has 0 bridgehead atoms. The molecule has 8 heteroatoms. The molecule has 130 valence electrons. The van der Waals surface area contributed by atoms with Crippen LogP contribution in [0.3, 0.4) is 0 Å². The van der Waals surface area contributed by atoms with Gasteiger partial charge in [0.2, 0.25) is 0 Å². The van der Waals surface area contributed by atoms with Gasteiger partial charge < -0.3 is 4.74 Å². The molecule has 0 N–H and O–H groups in total. The second-order valence-corrected chi connectivity index (χ2v) is 5.92. The number of hydrogen-bond acceptors (Lipinski definition) is 6. The number of fused-ring (bicyclic) bond motifs is 1. The predicted molar refractivity (Wildman–Crippen MR) is 91.7 cm³/mol. The molecule has 1 unspecified atom stereocenters. The van der Waals surface area contributed by atoms with E-state index < -0.39 is 17.6 Å². The third-order valence-electron chi connectivity index (χ3n) is 4.03. The van der Waals surface area contributed by atoms with Gasteiger partial charge in [-0.3, -0.25) is 9.36 Å². The summed E-state index contributed by atoms with van der Waals surface area (Å²) in [6, 6.07) is 5.20. The van der Waals surface area contributed by atoms with Crippen LogP contribution in [0.2, 0.25) is 0 Å². The molecular weight excluding hydrogens is 322 g/mol. The van der Waals surface area contributed by atoms with Crippen LogP contribution >= 0.6 is 0 Å². The number of carbonyl (C=O) groups is 1. The minimum absolute atomic E-state index is 0.115. The molecule has 0 radical (unpaired) electrons. The van der Waals surface area contributed by atoms with Gasteiger partial charge in [-0.25, -0.2) is 9.78 Å². The number of carbonyl (C=O) groups excluding carboxylic acids is 1. The molecule has 0 aliphatic rings. The van der Waals surface area contributed by atoms with Crippen molar-refractivity contribution in [2.45, 2.75) is 33.2 Å². The molecule has 0 spiro atoms. The first-order valence-corrected chi connectivity index (χ1v) is 7.95. The number of hydrogen-bond donors (Lipinski definition) is 0. The molecule has 0 saturated carbocycles. The smallest absolute Gasteiger partial charge is 0.329 e. The maximum Gasteiger partial charge on any atom is 0.329 e. The highest BCUT2D eigenvalue weighted by atomic mass is 16.5. The standard InChI is InChI=1S/C17H19N5O3/c1-5-13(17(24)25-4)21-9-18-15-14(16(21)23)19-20-22(15)12-7-10(2)6-11(3)8-12/h6-9,13H,5H2,1-4H3. The van der Waals surface area contributed by atoms with E-state index in [1.165, 1.54) is 22.7 Å². The summed E-state index contributed by atoms with van der Waals surface area (Å²) in [5, 5.41) is 8.06. The van der Waals surface area contributed by atoms with Gasteiger partial charge in [-0.15, -0.1) is 5.10 Å². The van der Waals surface area contributed by atoms with E-state index in [4.69, 9.17) is 4.74 Å². The number of aromatic nitrogens is 5. The molecular formula is C17H19N5O3. The molecule has 2 heterocycles. The van der Waals surface area contributed by atoms with Gasteiger partial charge in [-0.2, -0.15) is 4.68 Å². The number of esters is 1. The average Bonchev–Trinajstić information content (AvgIpc) is 3.01. The Hall–Kier alpha value is -3.03. The average molecular weight is 341 g/mol. The highest BCUT2D eigenvalue weighted by Gasteiger charge is 2.23. The van der Waals surface area contributed by atoms with Crippen LogP contribution in [-0.4, -0.2) is 37.6 Å². The van der Waals surface area contributed by atoms with Crippen LogP contribution in [0.15, 0.2) is 29.3 Å². The van der Waals surface area contributed by atoms with Crippen molar-refractivity contribution in [3.63, 3.8) is 0 Å². The summed E-state index contributed by atoms with van der Waals surface area (Å²) in [4.78, 5) is 28.9. The summed E-state index contributed by atoms with van der Waals surface area (Å²) in [6.45, 7) is 5.76. The Balaban J connectivity index is 2.17. The Kier molecular flexibility index (Phi) is 4.35. The van der Waals surface area contributed by atoms with Gasteiger partial charge in [-0.05, 0) is 43.5 Å². The van der Waals surface area contributed by atoms with Gasteiger partial charge in [0.25, 0.3) is 5.56 Å². The van der Waals surface area contributed by atoms with Gasteiger partial charge >= 0.3 is 5.97 Å². The Bertz CT molecular complexity index is 985. The molecule has 8 nitrogen and oxygen atoms in total. The highest BCUT2D eigenvalue weighted by Crippen LogP contribution is 2.17. The van der Waals surface area contributed by atoms with Crippen LogP contribution in [0.25, 0.3) is 16.9 Å². The summed E-state index contributed by atoms with van der Waals surface area (Å²) >= 11 is 0. The maximum absolute atomic E-state index is 12.7. The zero-order valence-electron chi connectivity index (χ0n) is 14.6. The minimum atomic E-state index is -0.735. The number of benzene rings is 1. The quantitative estimate of drug-likeness (QED) is 0.671. The predicted octanol–water partition coefficient (Wildman–Crippen LogP) is 1.72. The first kappa shape index (κ1) is 16.8. The van der Waals surface area contributed by atoms with Gasteiger partial charge in [-0.1, -0.05) is 18.2 Å². The first-order chi connectivity index (χ1) is 12.0. The largest absolute Gasteiger partial charge is 0.467 e. The normalized spacial score (nSPS) is 12.3. The number of ether oxygens (including phenoxy) is 1. The van der Waals surface area contributed by atoms with E-state index >= 15 is 0 Å². The molecule has 0 amide bonds. The lowest BCUT2D eigenvalue weighted by molar-refractivity contribution is -0.144. The number of methoxy groups -OCH3 is 1. The summed E-state index contributed by atoms with van der Waals surface area (Å²) in [6.07, 6.45) is 1.75. The summed E-state index contributed by atoms with van der Waals surface area (Å²) < 4.78 is 7.53. The lowest BCUT2D eigenvalue weighted by atomic mass is 10.1. The van der Waals surface area contributed by atoms with E-state index in [9.17, 15) is 9.59 Å². The van der Waals surface area contributed by atoms with Gasteiger partial charge in [0.05, 0.1) is 12.8 Å². The Morgan fingerprint density at radius 2 is 1.92 bits per heavy atom. The fourth-order valence-electron chi connectivity index (χ4n) is 2.90. The first-order valence-electron chi connectivity index (χ1n) is 7.95. The highest BCUT2D eigenvalue weighted by molar-refractivity contribution is 5.75. The lowest BCUT2D eigenvalue weighted by Gasteiger charge is -2.14. The topological polar surface area (TPSA) is 91.9 Å². The van der Waals surface area contributed by atoms with Crippen molar-refractivity contribution in [1.29, 1.82) is 0 Å². The van der Waals surface area contributed by atoms with Crippen molar-refractivity contribution in [3.05, 3.63) is 46.0 Å². The second kappa shape index (κ2) is 6.46. The molecule has 2 aromatic heterocycles. The van der Waals surface area contributed by atoms with Gasteiger partial charge in [0, 0.05) is 0 Å². The second-order valence-electron chi connectivity index (χ2n) is 5.92. The summed E-state index contributed by atoms with van der Waals surface area (Å²) in [5.74, 6) is -0.493. The Morgan fingerprint density at radius 3 is 2.52 bits per heavy atom. The fourth-order valence-corrected chi connectivity index (χ4v) is 2.90. The van der Waals surface area contributed by atoms with Crippen LogP contribution in [0.5, 0.6) is 0 Å². The number of rotatable bonds is 4. The van der Waals surface area contributed by atoms with Gasteiger partial charge in [0.1, 0.15) is 12.4 Å². The third kappa shape index (κ3) is 2.90. The SMILES string of the molecule is CCC(C(=O)OC)n1cnc2c(nnn2-c2cc(C)cc(C)c2)c1=O. The van der Waals surface area contributed by atoms with E-state index in [1.54, 1.807) is 6.92 Å². The van der Waals surface area contributed by atoms with E-state index in [0.29, 0.717) is 12.1 Å². The van der Waals surface area contributed by atoms with Crippen molar-refractivity contribution < 1.29 is 9.53 Å². The Labute approximate surface area is 144 Å². The maximum atomic E-state index is 12.7. The van der Waals surface area contributed by atoms with E-state index in [0.717, 1.165) is 16.8 Å². The molecule has 3 aromatic rings. The van der Waals surface area contributed by atoms with Crippen molar-refractivity contribution in [1.82, 2.24) is 24.5 Å². The van der Waals surface area contributed by atoms with E-state index in [-0.39, 0.29) is 5.52 Å². The molecule has 1 atom stereocenters. The third-order valence-corrected chi connectivity index (χ3v) is 4.03. The van der Waals surface area contributed by atoms with E-state index in [2.05, 4.69) is 15.3 Å². The van der Waals surface area contributed by atoms with Crippen molar-refractivity contribution in [2.24, 2.45) is 0 Å². The van der Waals surface area contributed by atoms with Crippen LogP contribution in [0.4, 0.5) is 0 Å². The van der Waals surface area contributed by atoms with Crippen molar-refractivity contribution in [2.75, 3.05) is 7.11 Å². The summed E-state index contributed by atoms with van der Waals surface area (Å²) in [7, 11) is 1.29. The Morgan fingerprint density at radius 1 is 1.24 bits per heavy atom. The summed E-state index contributed by atoms with van der Waals surface area (Å²) in [5.41, 5.74) is 2.98. The van der Waals surface area contributed by atoms with Gasteiger partial charge in [0.15, 0.2) is 11.2 Å². The minimum Gasteiger partial charge on any atom is -0.467 e. The zero-order valence-corrected chi connectivity index (χ0v) is 14.6. The zero-order chi connectivity index (χ0) is 18.1. The number of aryl methyl sites for hydroxylation is 2. The number of nitrogens with zero attached hydrogens (tertiary/aromatic N) is 5. The van der Waals surface area contributed by atoms with E-state index in [1.807, 2.05) is 32.0 Å². The van der Waals surface area contributed by atoms with Crippen LogP contribution < -0.4 is 5.56 Å². The van der Waals surface area contributed by atoms with Crippen LogP contribution in [0, 0.1) is 13.8 Å². The van der Waals surface area contributed by atoms with Crippen molar-refractivity contribution in [3.8, 4) is 5.69 Å². The molecule has 3 rings (SSSR count). The van der Waals surface area contributed by atoms with Crippen molar-refractivity contribution >= 4 is 17.1 Å². The molecule has 25 heavy (non-hydrogen) atoms. The lowest BCUT2D eigenvalue weighted by Crippen LogP contribution is -2.30. The monoisotopic (exact) mass is 341 g/mol. The molecule has 0 fully saturated rings. The van der Waals surface area contributed by atoms with Crippen LogP contribution in [0.1, 0.15) is 30.5 Å². The molecule has 0 aliphatic carbocycles. The van der Waals surface area contributed by atoms with Crippen LogP contribution in [-0.2, 0) is 9.53 Å². The fraction of sp³-hybridized carbons (Fsp3) is 0.353. The molecule has 1 aromatic carbocycles. The molecule has 0 saturated heterocycles. The molecule has 0 aliphatic heterocycles.